The van der Waals surface area contributed by atoms with Crippen molar-refractivity contribution in [1.29, 1.82) is 0 Å². The molecule has 1 aliphatic heterocycles. The summed E-state index contributed by atoms with van der Waals surface area (Å²) in [4.78, 5) is 0. The molecule has 82 valence electrons. The summed E-state index contributed by atoms with van der Waals surface area (Å²) < 4.78 is 0. The van der Waals surface area contributed by atoms with E-state index in [0.717, 1.165) is 22.2 Å². The molecule has 1 saturated heterocycles. The molecule has 1 aliphatic rings. The molecule has 1 N–H and O–H groups in total. The summed E-state index contributed by atoms with van der Waals surface area (Å²) in [6.07, 6.45) is 1.20. The summed E-state index contributed by atoms with van der Waals surface area (Å²) in [6.45, 7) is 3.27. The number of hydrogen-bond donors (Lipinski definition) is 1. The molecule has 1 aromatic rings. The van der Waals surface area contributed by atoms with Crippen LogP contribution in [0.5, 0.6) is 0 Å². The molecule has 0 saturated carbocycles. The number of halogens is 2. The predicted octanol–water partition coefficient (Wildman–Crippen LogP) is 4.11. The molecule has 1 aromatic carbocycles. The van der Waals surface area contributed by atoms with Crippen LogP contribution < -0.4 is 5.32 Å². The number of hydrogen-bond acceptors (Lipinski definition) is 2. The van der Waals surface area contributed by atoms with E-state index >= 15 is 0 Å². The molecule has 0 spiro atoms. The Labute approximate surface area is 105 Å². The third-order valence-electron chi connectivity index (χ3n) is 2.51. The van der Waals surface area contributed by atoms with Crippen molar-refractivity contribution in [3.8, 4) is 0 Å². The summed E-state index contributed by atoms with van der Waals surface area (Å²) in [6, 6.07) is 5.67. The Kier molecular flexibility index (Phi) is 3.83. The van der Waals surface area contributed by atoms with E-state index < -0.39 is 0 Å². The van der Waals surface area contributed by atoms with E-state index in [2.05, 4.69) is 12.2 Å². The van der Waals surface area contributed by atoms with Crippen LogP contribution in [0.4, 0.5) is 0 Å². The van der Waals surface area contributed by atoms with E-state index in [1.807, 2.05) is 30.0 Å². The second-order valence-corrected chi connectivity index (χ2v) is 6.07. The van der Waals surface area contributed by atoms with Gasteiger partial charge in [0.05, 0.1) is 5.37 Å². The van der Waals surface area contributed by atoms with Gasteiger partial charge >= 0.3 is 0 Å². The van der Waals surface area contributed by atoms with Gasteiger partial charge in [0, 0.05) is 20.9 Å². The molecular weight excluding hydrogens is 249 g/mol. The van der Waals surface area contributed by atoms with E-state index in [9.17, 15) is 0 Å². The average molecular weight is 262 g/mol. The first-order valence-corrected chi connectivity index (χ1v) is 6.71. The van der Waals surface area contributed by atoms with Crippen LogP contribution in [-0.4, -0.2) is 11.8 Å². The summed E-state index contributed by atoms with van der Waals surface area (Å²) >= 11 is 14.2. The van der Waals surface area contributed by atoms with Crippen LogP contribution in [0, 0.1) is 0 Å². The van der Waals surface area contributed by atoms with Gasteiger partial charge in [-0.1, -0.05) is 36.2 Å². The van der Waals surface area contributed by atoms with E-state index in [4.69, 9.17) is 23.2 Å². The third-order valence-corrected chi connectivity index (χ3v) is 4.54. The molecule has 15 heavy (non-hydrogen) atoms. The van der Waals surface area contributed by atoms with Gasteiger partial charge < -0.3 is 5.32 Å². The molecule has 0 aromatic heterocycles. The fourth-order valence-corrected chi connectivity index (χ4v) is 3.77. The Balaban J connectivity index is 2.28. The lowest BCUT2D eigenvalue weighted by molar-refractivity contribution is 0.605. The second kappa shape index (κ2) is 4.96. The molecule has 2 atom stereocenters. The molecule has 1 nitrogen and oxygen atoms in total. The minimum absolute atomic E-state index is 0.231. The van der Waals surface area contributed by atoms with Gasteiger partial charge in [-0.3, -0.25) is 0 Å². The lowest BCUT2D eigenvalue weighted by Crippen LogP contribution is -2.29. The Hall–Kier alpha value is 0.110. The number of nitrogens with one attached hydrogen (secondary N) is 1. The van der Waals surface area contributed by atoms with Crippen LogP contribution in [0.15, 0.2) is 18.2 Å². The molecule has 0 amide bonds. The third kappa shape index (κ3) is 2.62. The molecule has 2 rings (SSSR count). The zero-order valence-corrected chi connectivity index (χ0v) is 10.8. The number of benzene rings is 1. The second-order valence-electron chi connectivity index (χ2n) is 3.70. The minimum Gasteiger partial charge on any atom is -0.302 e. The van der Waals surface area contributed by atoms with Crippen LogP contribution >= 0.6 is 35.0 Å². The minimum atomic E-state index is 0.231. The molecule has 4 heteroatoms. The normalized spacial score (nSPS) is 26.6. The van der Waals surface area contributed by atoms with Crippen LogP contribution in [0.3, 0.4) is 0 Å². The highest BCUT2D eigenvalue weighted by Gasteiger charge is 2.23. The van der Waals surface area contributed by atoms with Gasteiger partial charge in [0.15, 0.2) is 0 Å². The molecule has 0 aliphatic carbocycles. The molecule has 2 unspecified atom stereocenters. The van der Waals surface area contributed by atoms with Crippen LogP contribution in [0.1, 0.15) is 24.3 Å². The van der Waals surface area contributed by atoms with Gasteiger partial charge in [-0.25, -0.2) is 0 Å². The van der Waals surface area contributed by atoms with Crippen molar-refractivity contribution >= 4 is 35.0 Å². The Morgan fingerprint density at radius 1 is 1.33 bits per heavy atom. The quantitative estimate of drug-likeness (QED) is 0.817. The monoisotopic (exact) mass is 261 g/mol. The molecule has 1 fully saturated rings. The van der Waals surface area contributed by atoms with Crippen molar-refractivity contribution in [2.75, 3.05) is 6.54 Å². The first-order chi connectivity index (χ1) is 7.18. The van der Waals surface area contributed by atoms with Gasteiger partial charge in [0.25, 0.3) is 0 Å². The Bertz CT molecular complexity index is 336. The first-order valence-electron chi connectivity index (χ1n) is 5.01. The Morgan fingerprint density at radius 3 is 2.60 bits per heavy atom. The molecule has 0 bridgehead atoms. The van der Waals surface area contributed by atoms with Crippen molar-refractivity contribution in [2.24, 2.45) is 0 Å². The van der Waals surface area contributed by atoms with Gasteiger partial charge in [-0.05, 0) is 25.1 Å². The van der Waals surface area contributed by atoms with Crippen molar-refractivity contribution in [3.05, 3.63) is 33.8 Å². The van der Waals surface area contributed by atoms with Gasteiger partial charge in [0.2, 0.25) is 0 Å². The van der Waals surface area contributed by atoms with E-state index in [1.54, 1.807) is 0 Å². The smallest absolute Gasteiger partial charge is 0.0821 e. The zero-order valence-electron chi connectivity index (χ0n) is 8.47. The lowest BCUT2D eigenvalue weighted by Gasteiger charge is -2.29. The molecule has 0 radical (unpaired) electrons. The fraction of sp³-hybridized carbons (Fsp3) is 0.455. The highest BCUT2D eigenvalue weighted by atomic mass is 35.5. The largest absolute Gasteiger partial charge is 0.302 e. The summed E-state index contributed by atoms with van der Waals surface area (Å²) in [7, 11) is 0. The molecule has 1 heterocycles. The lowest BCUT2D eigenvalue weighted by atomic mass is 10.2. The summed E-state index contributed by atoms with van der Waals surface area (Å²) in [5.41, 5.74) is 1.03. The highest BCUT2D eigenvalue weighted by molar-refractivity contribution is 8.00. The maximum Gasteiger partial charge on any atom is 0.0821 e. The maximum atomic E-state index is 6.17. The van der Waals surface area contributed by atoms with Crippen LogP contribution in [-0.2, 0) is 0 Å². The van der Waals surface area contributed by atoms with Crippen molar-refractivity contribution in [1.82, 2.24) is 5.32 Å². The van der Waals surface area contributed by atoms with Gasteiger partial charge in [0.1, 0.15) is 0 Å². The average Bonchev–Trinajstić information content (AvgIpc) is 2.17. The summed E-state index contributed by atoms with van der Waals surface area (Å²) in [5, 5.41) is 5.83. The van der Waals surface area contributed by atoms with E-state index in [-0.39, 0.29) is 5.37 Å². The zero-order chi connectivity index (χ0) is 10.8. The van der Waals surface area contributed by atoms with E-state index in [1.165, 1.54) is 6.42 Å². The first kappa shape index (κ1) is 11.6. The molecular formula is C11H13Cl2NS. The predicted molar refractivity (Wildman–Crippen MR) is 68.9 cm³/mol. The fourth-order valence-electron chi connectivity index (χ4n) is 1.70. The van der Waals surface area contributed by atoms with Gasteiger partial charge in [-0.15, -0.1) is 11.8 Å². The maximum absolute atomic E-state index is 6.17. The topological polar surface area (TPSA) is 12.0 Å². The number of thioether (sulfide) groups is 1. The standard InChI is InChI=1S/C11H13Cl2NS/c1-7-5-6-14-11(15-7)10-8(12)3-2-4-9(10)13/h2-4,7,11,14H,5-6H2,1H3. The van der Waals surface area contributed by atoms with Crippen molar-refractivity contribution < 1.29 is 0 Å². The number of rotatable bonds is 1. The Morgan fingerprint density at radius 2 is 2.00 bits per heavy atom. The van der Waals surface area contributed by atoms with Crippen LogP contribution in [0.2, 0.25) is 10.0 Å². The van der Waals surface area contributed by atoms with E-state index in [0.29, 0.717) is 5.25 Å². The summed E-state index contributed by atoms with van der Waals surface area (Å²) in [5.74, 6) is 0. The SMILES string of the molecule is CC1CCNC(c2c(Cl)cccc2Cl)S1. The van der Waals surface area contributed by atoms with Crippen molar-refractivity contribution in [3.63, 3.8) is 0 Å². The van der Waals surface area contributed by atoms with Gasteiger partial charge in [-0.2, -0.15) is 0 Å². The van der Waals surface area contributed by atoms with Crippen LogP contribution in [0.25, 0.3) is 0 Å². The van der Waals surface area contributed by atoms with Crippen molar-refractivity contribution in [2.45, 2.75) is 24.0 Å². The highest BCUT2D eigenvalue weighted by Crippen LogP contribution is 2.40.